The molecule has 2 saturated carbocycles. The Hall–Kier alpha value is -1.14. The van der Waals surface area contributed by atoms with Gasteiger partial charge in [-0.05, 0) is 25.7 Å². The molecule has 122 valence electrons. The van der Waals surface area contributed by atoms with Crippen LogP contribution in [0.25, 0.3) is 0 Å². The van der Waals surface area contributed by atoms with Gasteiger partial charge in [-0.15, -0.1) is 0 Å². The van der Waals surface area contributed by atoms with Crippen LogP contribution in [-0.4, -0.2) is 46.6 Å². The minimum Gasteiger partial charge on any atom is -0.459 e. The first kappa shape index (κ1) is 14.5. The SMILES string of the molecule is C[C@]12CC[C@H]1C(=O)O[C@@H]2[C@@H](O)[C@H](O)[C@H]1OC(=O)[C@@H]2CC[C@]12C. The zero-order valence-electron chi connectivity index (χ0n) is 12.8. The summed E-state index contributed by atoms with van der Waals surface area (Å²) in [7, 11) is 0. The van der Waals surface area contributed by atoms with Crippen LogP contribution < -0.4 is 0 Å². The number of carbonyl (C=O) groups excluding carboxylic acids is 2. The molecule has 2 aliphatic carbocycles. The summed E-state index contributed by atoms with van der Waals surface area (Å²) in [5.74, 6) is -0.947. The predicted molar refractivity (Wildman–Crippen MR) is 73.4 cm³/mol. The number of esters is 2. The topological polar surface area (TPSA) is 93.1 Å². The van der Waals surface area contributed by atoms with Gasteiger partial charge in [0.05, 0.1) is 11.8 Å². The maximum atomic E-state index is 11.8. The van der Waals surface area contributed by atoms with E-state index < -0.39 is 35.2 Å². The molecular weight excluding hydrogens is 288 g/mol. The number of aliphatic hydroxyl groups is 2. The van der Waals surface area contributed by atoms with Gasteiger partial charge in [-0.3, -0.25) is 9.59 Å². The molecule has 6 nitrogen and oxygen atoms in total. The van der Waals surface area contributed by atoms with Crippen LogP contribution in [-0.2, 0) is 19.1 Å². The van der Waals surface area contributed by atoms with Crippen LogP contribution in [0.2, 0.25) is 0 Å². The molecule has 0 aromatic heterocycles. The second-order valence-corrected chi connectivity index (χ2v) is 7.89. The highest BCUT2D eigenvalue weighted by atomic mass is 16.6. The van der Waals surface area contributed by atoms with Crippen molar-refractivity contribution in [1.82, 2.24) is 0 Å². The number of ether oxygens (including phenoxy) is 2. The van der Waals surface area contributed by atoms with Crippen LogP contribution in [0.1, 0.15) is 39.5 Å². The van der Waals surface area contributed by atoms with E-state index in [0.29, 0.717) is 0 Å². The smallest absolute Gasteiger partial charge is 0.310 e. The van der Waals surface area contributed by atoms with Crippen molar-refractivity contribution in [3.63, 3.8) is 0 Å². The van der Waals surface area contributed by atoms with Crippen molar-refractivity contribution in [2.75, 3.05) is 0 Å². The quantitative estimate of drug-likeness (QED) is 0.733. The van der Waals surface area contributed by atoms with Crippen molar-refractivity contribution in [3.8, 4) is 0 Å². The number of fused-ring (bicyclic) bond motifs is 2. The molecule has 4 aliphatic rings. The summed E-state index contributed by atoms with van der Waals surface area (Å²) in [4.78, 5) is 23.7. The molecule has 22 heavy (non-hydrogen) atoms. The van der Waals surface area contributed by atoms with Gasteiger partial charge in [0.1, 0.15) is 24.4 Å². The maximum Gasteiger partial charge on any atom is 0.310 e. The molecule has 6 heteroatoms. The number of cyclic esters (lactones) is 2. The largest absolute Gasteiger partial charge is 0.459 e. The summed E-state index contributed by atoms with van der Waals surface area (Å²) in [5.41, 5.74) is -0.833. The van der Waals surface area contributed by atoms with Gasteiger partial charge in [-0.25, -0.2) is 0 Å². The van der Waals surface area contributed by atoms with Crippen molar-refractivity contribution in [1.29, 1.82) is 0 Å². The Kier molecular flexibility index (Phi) is 2.78. The third-order valence-corrected chi connectivity index (χ3v) is 6.86. The lowest BCUT2D eigenvalue weighted by molar-refractivity contribution is -0.172. The lowest BCUT2D eigenvalue weighted by atomic mass is 9.56. The Morgan fingerprint density at radius 1 is 0.909 bits per heavy atom. The van der Waals surface area contributed by atoms with E-state index in [-0.39, 0.29) is 23.8 Å². The fourth-order valence-electron chi connectivity index (χ4n) is 4.90. The van der Waals surface area contributed by atoms with Gasteiger partial charge in [0.25, 0.3) is 0 Å². The van der Waals surface area contributed by atoms with E-state index in [0.717, 1.165) is 25.7 Å². The van der Waals surface area contributed by atoms with Gasteiger partial charge in [0.15, 0.2) is 0 Å². The van der Waals surface area contributed by atoms with Gasteiger partial charge >= 0.3 is 11.9 Å². The first-order valence-corrected chi connectivity index (χ1v) is 8.06. The Bertz CT molecular complexity index is 499. The number of hydrogen-bond donors (Lipinski definition) is 2. The van der Waals surface area contributed by atoms with Crippen LogP contribution >= 0.6 is 0 Å². The molecule has 2 heterocycles. The second kappa shape index (κ2) is 4.23. The number of rotatable bonds is 3. The fraction of sp³-hybridized carbons (Fsp3) is 0.875. The van der Waals surface area contributed by atoms with Gasteiger partial charge in [-0.1, -0.05) is 13.8 Å². The number of carbonyl (C=O) groups is 2. The van der Waals surface area contributed by atoms with Gasteiger partial charge in [0.2, 0.25) is 0 Å². The average molecular weight is 310 g/mol. The Morgan fingerprint density at radius 3 is 1.50 bits per heavy atom. The lowest BCUT2D eigenvalue weighted by Crippen LogP contribution is -2.57. The number of aliphatic hydroxyl groups excluding tert-OH is 2. The summed E-state index contributed by atoms with van der Waals surface area (Å²) in [5, 5.41) is 21.2. The van der Waals surface area contributed by atoms with E-state index in [2.05, 4.69) is 0 Å². The summed E-state index contributed by atoms with van der Waals surface area (Å²) in [6.45, 7) is 3.84. The van der Waals surface area contributed by atoms with E-state index in [9.17, 15) is 19.8 Å². The van der Waals surface area contributed by atoms with E-state index >= 15 is 0 Å². The van der Waals surface area contributed by atoms with Crippen molar-refractivity contribution in [3.05, 3.63) is 0 Å². The zero-order valence-corrected chi connectivity index (χ0v) is 12.8. The van der Waals surface area contributed by atoms with E-state index in [1.165, 1.54) is 0 Å². The summed E-state index contributed by atoms with van der Waals surface area (Å²) < 4.78 is 10.7. The molecule has 0 amide bonds. The molecule has 4 rings (SSSR count). The van der Waals surface area contributed by atoms with Crippen LogP contribution in [0.15, 0.2) is 0 Å². The Morgan fingerprint density at radius 2 is 1.27 bits per heavy atom. The molecule has 2 saturated heterocycles. The van der Waals surface area contributed by atoms with Crippen LogP contribution in [0, 0.1) is 22.7 Å². The third-order valence-electron chi connectivity index (χ3n) is 6.86. The Balaban J connectivity index is 1.55. The first-order valence-electron chi connectivity index (χ1n) is 8.06. The molecule has 0 spiro atoms. The van der Waals surface area contributed by atoms with Crippen molar-refractivity contribution in [2.24, 2.45) is 22.7 Å². The van der Waals surface area contributed by atoms with Crippen molar-refractivity contribution >= 4 is 11.9 Å². The molecule has 0 unspecified atom stereocenters. The average Bonchev–Trinajstić information content (AvgIpc) is 2.71. The molecule has 0 aromatic carbocycles. The van der Waals surface area contributed by atoms with Crippen LogP contribution in [0.3, 0.4) is 0 Å². The highest BCUT2D eigenvalue weighted by Gasteiger charge is 2.66. The van der Waals surface area contributed by atoms with E-state index in [1.54, 1.807) is 0 Å². The molecule has 0 bridgehead atoms. The molecule has 0 radical (unpaired) electrons. The van der Waals surface area contributed by atoms with Gasteiger partial charge in [0, 0.05) is 10.8 Å². The zero-order chi connectivity index (χ0) is 15.9. The predicted octanol–water partition coefficient (Wildman–Crippen LogP) is 0.392. The molecule has 4 fully saturated rings. The summed E-state index contributed by atoms with van der Waals surface area (Å²) >= 11 is 0. The lowest BCUT2D eigenvalue weighted by Gasteiger charge is -2.46. The molecule has 8 atom stereocenters. The third kappa shape index (κ3) is 1.52. The first-order chi connectivity index (χ1) is 10.3. The second-order valence-electron chi connectivity index (χ2n) is 7.89. The molecule has 0 aromatic rings. The van der Waals surface area contributed by atoms with E-state index in [1.807, 2.05) is 13.8 Å². The Labute approximate surface area is 128 Å². The fourth-order valence-corrected chi connectivity index (χ4v) is 4.90. The van der Waals surface area contributed by atoms with Gasteiger partial charge < -0.3 is 19.7 Å². The number of hydrogen-bond acceptors (Lipinski definition) is 6. The maximum absolute atomic E-state index is 11.8. The standard InChI is InChI=1S/C16H22O6/c1-15-5-3-7(15)13(19)21-11(15)9(17)10(18)12-16(2)6-4-8(16)14(20)22-12/h7-12,17-18H,3-6H2,1-2H3/t7-,8-,9-,10-,11+,12+,15-,16-/m0/s1. The minimum atomic E-state index is -1.23. The normalized spacial score (nSPS) is 51.8. The molecule has 2 aliphatic heterocycles. The van der Waals surface area contributed by atoms with Crippen molar-refractivity contribution < 1.29 is 29.3 Å². The van der Waals surface area contributed by atoms with Gasteiger partial charge in [-0.2, -0.15) is 0 Å². The summed E-state index contributed by atoms with van der Waals surface area (Å²) in [6.07, 6.45) is -0.781. The molecule has 2 N–H and O–H groups in total. The monoisotopic (exact) mass is 310 g/mol. The highest BCUT2D eigenvalue weighted by Crippen LogP contribution is 2.59. The van der Waals surface area contributed by atoms with Crippen LogP contribution in [0.5, 0.6) is 0 Å². The summed E-state index contributed by atoms with van der Waals surface area (Å²) in [6, 6.07) is 0. The van der Waals surface area contributed by atoms with Crippen molar-refractivity contribution in [2.45, 2.75) is 63.9 Å². The minimum absolute atomic E-state index is 0.183. The van der Waals surface area contributed by atoms with E-state index in [4.69, 9.17) is 9.47 Å². The molecular formula is C16H22O6. The van der Waals surface area contributed by atoms with Crippen LogP contribution in [0.4, 0.5) is 0 Å². The highest BCUT2D eigenvalue weighted by molar-refractivity contribution is 5.78.